The molecule has 0 aromatic carbocycles. The predicted octanol–water partition coefficient (Wildman–Crippen LogP) is -0.854. The van der Waals surface area contributed by atoms with Crippen LogP contribution in [0.5, 0.6) is 0 Å². The third-order valence-corrected chi connectivity index (χ3v) is 4.31. The topological polar surface area (TPSA) is 87.1 Å². The number of pyridine rings is 2. The summed E-state index contributed by atoms with van der Waals surface area (Å²) in [7, 11) is 0. The van der Waals surface area contributed by atoms with Gasteiger partial charge in [-0.3, -0.25) is 0 Å². The van der Waals surface area contributed by atoms with Crippen LogP contribution in [-0.4, -0.2) is 30.5 Å². The molecule has 1 aliphatic rings. The van der Waals surface area contributed by atoms with Gasteiger partial charge in [-0.1, -0.05) is 17.1 Å². The maximum absolute atomic E-state index is 4.68. The zero-order valence-electron chi connectivity index (χ0n) is 13.9. The number of hydrogen-bond acceptors (Lipinski definition) is 4. The van der Waals surface area contributed by atoms with Crippen LogP contribution in [0.3, 0.4) is 0 Å². The van der Waals surface area contributed by atoms with E-state index in [9.17, 15) is 0 Å². The third kappa shape index (κ3) is 1.97. The Hall–Kier alpha value is -4.21. The van der Waals surface area contributed by atoms with Gasteiger partial charge in [-0.15, -0.1) is 4.68 Å². The lowest BCUT2D eigenvalue weighted by Gasteiger charge is -1.95. The van der Waals surface area contributed by atoms with Crippen molar-refractivity contribution in [2.45, 2.75) is 0 Å². The molecular weight excluding hydrogens is 344 g/mol. The van der Waals surface area contributed by atoms with E-state index in [2.05, 4.69) is 25.6 Å². The van der Waals surface area contributed by atoms with E-state index in [1.54, 1.807) is 38.8 Å². The van der Waals surface area contributed by atoms with Crippen molar-refractivity contribution < 1.29 is 13.5 Å². The lowest BCUT2D eigenvalue weighted by atomic mass is 10.5. The Bertz CT molecular complexity index is 1360. The molecule has 0 saturated carbocycles. The van der Waals surface area contributed by atoms with Gasteiger partial charge >= 0.3 is 17.9 Å². The van der Waals surface area contributed by atoms with Crippen LogP contribution in [0.4, 0.5) is 5.95 Å². The van der Waals surface area contributed by atoms with Gasteiger partial charge in [0.15, 0.2) is 0 Å². The van der Waals surface area contributed by atoms with Crippen molar-refractivity contribution in [3.8, 4) is 5.95 Å². The molecule has 0 fully saturated rings. The van der Waals surface area contributed by atoms with E-state index in [-0.39, 0.29) is 0 Å². The van der Waals surface area contributed by atoms with Gasteiger partial charge in [0.2, 0.25) is 0 Å². The van der Waals surface area contributed by atoms with Gasteiger partial charge in [-0.2, -0.15) is 4.40 Å². The summed E-state index contributed by atoms with van der Waals surface area (Å²) in [4.78, 5) is 8.75. The monoisotopic (exact) mass is 356 g/mol. The predicted molar refractivity (Wildman–Crippen MR) is 90.1 cm³/mol. The molecule has 0 N–H and O–H groups in total. The second-order valence-electron chi connectivity index (χ2n) is 5.93. The molecule has 0 unspecified atom stereocenters. The van der Waals surface area contributed by atoms with E-state index in [0.717, 1.165) is 11.3 Å². The van der Waals surface area contributed by atoms with Crippen molar-refractivity contribution in [3.63, 3.8) is 0 Å². The molecule has 5 aromatic heterocycles. The molecule has 10 heteroatoms. The van der Waals surface area contributed by atoms with Crippen LogP contribution in [0.1, 0.15) is 0 Å². The van der Waals surface area contributed by atoms with Crippen LogP contribution in [0, 0.1) is 0 Å². The maximum atomic E-state index is 4.68. The molecule has 1 aliphatic heterocycles. The van der Waals surface area contributed by atoms with Gasteiger partial charge in [0, 0.05) is 28.4 Å². The number of fused-ring (bicyclic) bond motifs is 3. The molecule has 1 radical (unpaired) electrons. The van der Waals surface area contributed by atoms with Gasteiger partial charge in [-0.05, 0) is 31.9 Å². The molecule has 10 nitrogen and oxygen atoms in total. The Morgan fingerprint density at radius 2 is 1.81 bits per heavy atom. The zero-order valence-corrected chi connectivity index (χ0v) is 13.9. The fraction of sp³-hybridized carbons (Fsp3) is 0. The molecule has 5 aromatic rings. The Morgan fingerprint density at radius 1 is 0.889 bits per heavy atom. The first-order chi connectivity index (χ1) is 13.4. The molecule has 6 heterocycles. The molecule has 0 saturated heterocycles. The minimum absolute atomic E-state index is 0.414. The van der Waals surface area contributed by atoms with Gasteiger partial charge in [0.05, 0.1) is 18.6 Å². The first kappa shape index (κ1) is 14.0. The standard InChI is InChI=1S/C17H12N10/c1-4-10-24-13(6-1)21-27(16-20-15-18-8-5-11-25(15)22-16)17(24)26-14-7-2-3-9-23(14)12-19-26/h1-12H/q+3. The highest BCUT2D eigenvalue weighted by Gasteiger charge is 2.37. The summed E-state index contributed by atoms with van der Waals surface area (Å²) in [5, 5.41) is 9.23. The number of rotatable bonds is 1. The third-order valence-electron chi connectivity index (χ3n) is 4.31. The minimum Gasteiger partial charge on any atom is -0.207 e. The molecule has 6 rings (SSSR count). The average molecular weight is 356 g/mol. The number of aliphatic imine (C=N–C) groups is 1. The maximum Gasteiger partial charge on any atom is 0.461 e. The zero-order chi connectivity index (χ0) is 17.8. The Morgan fingerprint density at radius 3 is 2.78 bits per heavy atom. The smallest absolute Gasteiger partial charge is 0.207 e. The largest absolute Gasteiger partial charge is 0.461 e. The van der Waals surface area contributed by atoms with Gasteiger partial charge in [0.25, 0.3) is 17.6 Å². The highest BCUT2D eigenvalue weighted by molar-refractivity contribution is 5.84. The van der Waals surface area contributed by atoms with Crippen LogP contribution < -0.4 is 18.9 Å². The van der Waals surface area contributed by atoms with Gasteiger partial charge < -0.3 is 0 Å². The van der Waals surface area contributed by atoms with Crippen molar-refractivity contribution in [3.05, 3.63) is 73.6 Å². The van der Waals surface area contributed by atoms with E-state index in [4.69, 9.17) is 0 Å². The van der Waals surface area contributed by atoms with Crippen LogP contribution in [-0.2, 0) is 0 Å². The highest BCUT2D eigenvalue weighted by atomic mass is 15.6. The summed E-state index contributed by atoms with van der Waals surface area (Å²) in [6, 6.07) is 13.5. The molecule has 27 heavy (non-hydrogen) atoms. The first-order valence-corrected chi connectivity index (χ1v) is 8.30. The summed E-state index contributed by atoms with van der Waals surface area (Å²) in [6.07, 6.45) is 9.11. The lowest BCUT2D eigenvalue weighted by molar-refractivity contribution is -0.703. The minimum atomic E-state index is 0.414. The van der Waals surface area contributed by atoms with Crippen molar-refractivity contribution >= 4 is 23.2 Å². The second kappa shape index (κ2) is 5.14. The molecule has 0 atom stereocenters. The van der Waals surface area contributed by atoms with Crippen LogP contribution in [0.25, 0.3) is 17.2 Å². The van der Waals surface area contributed by atoms with E-state index in [0.29, 0.717) is 17.9 Å². The number of hydrogen-bond donors (Lipinski definition) is 0. The van der Waals surface area contributed by atoms with Crippen molar-refractivity contribution in [2.24, 2.45) is 4.99 Å². The molecule has 0 amide bonds. The summed E-state index contributed by atoms with van der Waals surface area (Å²) in [5.74, 6) is 1.61. The molecule has 0 spiro atoms. The SMILES string of the molecule is c1cc[n+]2cnn(-c3n(C4=Nc5nccc[n+]5[N]4)nc4cccc[n+]34)c2c1. The van der Waals surface area contributed by atoms with Crippen LogP contribution >= 0.6 is 0 Å². The van der Waals surface area contributed by atoms with Gasteiger partial charge in [-0.25, -0.2) is 4.40 Å². The Labute approximate surface area is 151 Å². The van der Waals surface area contributed by atoms with E-state index < -0.39 is 0 Å². The first-order valence-electron chi connectivity index (χ1n) is 8.30. The van der Waals surface area contributed by atoms with Crippen LogP contribution in [0.2, 0.25) is 0 Å². The summed E-state index contributed by atoms with van der Waals surface area (Å²) >= 11 is 0. The quantitative estimate of drug-likeness (QED) is 0.367. The van der Waals surface area contributed by atoms with Crippen molar-refractivity contribution in [2.75, 3.05) is 0 Å². The average Bonchev–Trinajstić information content (AvgIpc) is 3.41. The van der Waals surface area contributed by atoms with Gasteiger partial charge in [0.1, 0.15) is 6.20 Å². The Kier molecular flexibility index (Phi) is 2.67. The molecule has 0 bridgehead atoms. The number of nitrogens with zero attached hydrogens (tertiary/aromatic N) is 10. The summed E-state index contributed by atoms with van der Waals surface area (Å²) in [5.41, 5.74) is 6.15. The number of aromatic nitrogens is 8. The van der Waals surface area contributed by atoms with E-state index in [1.807, 2.05) is 57.6 Å². The normalized spacial score (nSPS) is 13.0. The summed E-state index contributed by atoms with van der Waals surface area (Å²) < 4.78 is 8.97. The van der Waals surface area contributed by atoms with E-state index in [1.165, 1.54) is 0 Å². The lowest BCUT2D eigenvalue weighted by Crippen LogP contribution is -2.46. The summed E-state index contributed by atoms with van der Waals surface area (Å²) in [6.45, 7) is 0. The van der Waals surface area contributed by atoms with Crippen molar-refractivity contribution in [1.82, 2.24) is 30.0 Å². The highest BCUT2D eigenvalue weighted by Crippen LogP contribution is 2.11. The van der Waals surface area contributed by atoms with E-state index >= 15 is 0 Å². The Balaban J connectivity index is 1.64. The van der Waals surface area contributed by atoms with Crippen LogP contribution in [0.15, 0.2) is 78.6 Å². The molecule has 0 aliphatic carbocycles. The fourth-order valence-electron chi connectivity index (χ4n) is 3.12. The van der Waals surface area contributed by atoms with Crippen molar-refractivity contribution in [1.29, 1.82) is 0 Å². The molecular formula is C17H12N10+3. The fourth-order valence-corrected chi connectivity index (χ4v) is 3.12. The second-order valence-corrected chi connectivity index (χ2v) is 5.93. The molecule has 127 valence electrons.